The molecule has 4 fully saturated rings. The highest BCUT2D eigenvalue weighted by Gasteiger charge is 2.72. The van der Waals surface area contributed by atoms with Crippen molar-refractivity contribution in [2.24, 2.45) is 28.6 Å². The Bertz CT molecular complexity index is 613. The highest BCUT2D eigenvalue weighted by atomic mass is 16.4. The van der Waals surface area contributed by atoms with E-state index in [1.54, 1.807) is 20.8 Å². The van der Waals surface area contributed by atoms with Crippen LogP contribution in [0.2, 0.25) is 0 Å². The van der Waals surface area contributed by atoms with Crippen LogP contribution in [0.15, 0.2) is 12.2 Å². The molecule has 4 rings (SSSR count). The fourth-order valence-corrected chi connectivity index (χ4v) is 7.23. The predicted octanol–water partition coefficient (Wildman–Crippen LogP) is 0.974. The molecule has 4 aliphatic carbocycles. The monoisotopic (exact) mass is 352 g/mol. The summed E-state index contributed by atoms with van der Waals surface area (Å²) in [5.41, 5.74) is -3.12. The minimum atomic E-state index is -1.47. The van der Waals surface area contributed by atoms with Crippen molar-refractivity contribution < 1.29 is 25.5 Å². The van der Waals surface area contributed by atoms with Crippen molar-refractivity contribution in [3.05, 3.63) is 12.2 Å². The maximum absolute atomic E-state index is 11.6. The van der Waals surface area contributed by atoms with Crippen LogP contribution >= 0.6 is 0 Å². The number of hydrogen-bond donors (Lipinski definition) is 5. The van der Waals surface area contributed by atoms with Crippen LogP contribution in [-0.4, -0.2) is 55.0 Å². The van der Waals surface area contributed by atoms with Crippen LogP contribution in [-0.2, 0) is 0 Å². The zero-order valence-corrected chi connectivity index (χ0v) is 15.4. The van der Waals surface area contributed by atoms with E-state index in [0.29, 0.717) is 19.3 Å². The van der Waals surface area contributed by atoms with Gasteiger partial charge in [0, 0.05) is 22.7 Å². The molecule has 2 bridgehead atoms. The normalized spacial score (nSPS) is 60.1. The van der Waals surface area contributed by atoms with Gasteiger partial charge in [0.1, 0.15) is 5.60 Å². The maximum atomic E-state index is 11.6. The summed E-state index contributed by atoms with van der Waals surface area (Å²) in [7, 11) is 0. The third-order valence-electron chi connectivity index (χ3n) is 8.75. The molecule has 4 aliphatic rings. The van der Waals surface area contributed by atoms with Crippen molar-refractivity contribution in [2.45, 2.75) is 82.4 Å². The average molecular weight is 352 g/mol. The fraction of sp³-hybridized carbons (Fsp3) is 0.900. The van der Waals surface area contributed by atoms with E-state index in [-0.39, 0.29) is 18.3 Å². The minimum Gasteiger partial charge on any atom is -0.392 e. The smallest absolute Gasteiger partial charge is 0.105 e. The molecule has 5 heteroatoms. The molecule has 0 aromatic carbocycles. The minimum absolute atomic E-state index is 0.0532. The summed E-state index contributed by atoms with van der Waals surface area (Å²) >= 11 is 0. The highest BCUT2D eigenvalue weighted by molar-refractivity contribution is 5.31. The van der Waals surface area contributed by atoms with Crippen molar-refractivity contribution in [3.8, 4) is 0 Å². The Kier molecular flexibility index (Phi) is 3.49. The van der Waals surface area contributed by atoms with Crippen LogP contribution in [0.1, 0.15) is 52.9 Å². The number of fused-ring (bicyclic) bond motifs is 2. The zero-order chi connectivity index (χ0) is 18.6. The van der Waals surface area contributed by atoms with E-state index in [2.05, 4.69) is 6.58 Å². The Morgan fingerprint density at radius 1 is 0.960 bits per heavy atom. The molecular weight excluding hydrogens is 320 g/mol. The van der Waals surface area contributed by atoms with Gasteiger partial charge in [0.05, 0.1) is 23.9 Å². The molecule has 0 heterocycles. The highest BCUT2D eigenvalue weighted by Crippen LogP contribution is 2.68. The van der Waals surface area contributed by atoms with Crippen LogP contribution in [0.5, 0.6) is 0 Å². The van der Waals surface area contributed by atoms with Gasteiger partial charge in [0.2, 0.25) is 0 Å². The molecule has 0 saturated heterocycles. The van der Waals surface area contributed by atoms with Gasteiger partial charge < -0.3 is 25.5 Å². The molecule has 0 aromatic rings. The second kappa shape index (κ2) is 4.87. The summed E-state index contributed by atoms with van der Waals surface area (Å²) < 4.78 is 0. The van der Waals surface area contributed by atoms with E-state index in [0.717, 1.165) is 12.0 Å². The molecule has 0 aromatic heterocycles. The largest absolute Gasteiger partial charge is 0.392 e. The van der Waals surface area contributed by atoms with Crippen LogP contribution in [0, 0.1) is 28.6 Å². The Morgan fingerprint density at radius 3 is 2.24 bits per heavy atom. The fourth-order valence-electron chi connectivity index (χ4n) is 7.23. The van der Waals surface area contributed by atoms with E-state index in [1.165, 1.54) is 0 Å². The van der Waals surface area contributed by atoms with Crippen LogP contribution < -0.4 is 0 Å². The second-order valence-corrected chi connectivity index (χ2v) is 10.1. The van der Waals surface area contributed by atoms with Crippen LogP contribution in [0.25, 0.3) is 0 Å². The van der Waals surface area contributed by atoms with Crippen molar-refractivity contribution in [1.29, 1.82) is 0 Å². The number of rotatable bonds is 0. The van der Waals surface area contributed by atoms with Gasteiger partial charge in [-0.15, -0.1) is 0 Å². The van der Waals surface area contributed by atoms with Gasteiger partial charge in [-0.2, -0.15) is 0 Å². The van der Waals surface area contributed by atoms with Crippen molar-refractivity contribution >= 4 is 0 Å². The van der Waals surface area contributed by atoms with E-state index >= 15 is 0 Å². The van der Waals surface area contributed by atoms with Gasteiger partial charge in [0.25, 0.3) is 0 Å². The van der Waals surface area contributed by atoms with Gasteiger partial charge in [-0.25, -0.2) is 0 Å². The molecule has 5 nitrogen and oxygen atoms in total. The van der Waals surface area contributed by atoms with E-state index in [1.807, 2.05) is 0 Å². The lowest BCUT2D eigenvalue weighted by Gasteiger charge is -2.46. The first-order chi connectivity index (χ1) is 11.4. The SMILES string of the molecule is C=C1C2C[C@H](O)C(C)(C)[C@@]2(O)[C@@H](O)C[C@]23C[C@@](C)(O)[C@H](CC[C@H]12)[C@H]3O. The summed E-state index contributed by atoms with van der Waals surface area (Å²) in [5, 5.41) is 55.2. The standard InChI is InChI=1S/C20H32O5/c1-10-11-5-6-12-16(23)19(11,9-18(12,4)24)8-15(22)20(25)13(10)7-14(21)17(20,2)3/h11-16,21-25H,1,5-9H2,2-4H3/t11-,12-,13?,14+,15+,16-,18-,19+,20+/m1/s1. The topological polar surface area (TPSA) is 101 Å². The average Bonchev–Trinajstić information content (AvgIpc) is 2.71. The third kappa shape index (κ3) is 1.86. The summed E-state index contributed by atoms with van der Waals surface area (Å²) in [6.45, 7) is 9.67. The van der Waals surface area contributed by atoms with Gasteiger partial charge >= 0.3 is 0 Å². The van der Waals surface area contributed by atoms with Gasteiger partial charge in [-0.05, 0) is 44.9 Å². The molecule has 9 atom stereocenters. The molecule has 0 amide bonds. The van der Waals surface area contributed by atoms with Gasteiger partial charge in [-0.3, -0.25) is 0 Å². The van der Waals surface area contributed by atoms with Crippen molar-refractivity contribution in [3.63, 3.8) is 0 Å². The first-order valence-electron chi connectivity index (χ1n) is 9.57. The Balaban J connectivity index is 1.85. The lowest BCUT2D eigenvalue weighted by molar-refractivity contribution is -0.174. The summed E-state index contributed by atoms with van der Waals surface area (Å²) in [6.07, 6.45) is 0.0421. The van der Waals surface area contributed by atoms with Gasteiger partial charge in [-0.1, -0.05) is 26.0 Å². The first-order valence-corrected chi connectivity index (χ1v) is 9.57. The van der Waals surface area contributed by atoms with Gasteiger partial charge in [0.15, 0.2) is 0 Å². The molecule has 25 heavy (non-hydrogen) atoms. The lowest BCUT2D eigenvalue weighted by Crippen LogP contribution is -2.57. The molecular formula is C20H32O5. The molecule has 1 spiro atoms. The van der Waals surface area contributed by atoms with E-state index < -0.39 is 46.3 Å². The molecule has 0 aliphatic heterocycles. The number of aliphatic hydroxyl groups excluding tert-OH is 3. The van der Waals surface area contributed by atoms with Crippen molar-refractivity contribution in [2.75, 3.05) is 0 Å². The zero-order valence-electron chi connectivity index (χ0n) is 15.4. The van der Waals surface area contributed by atoms with E-state index in [4.69, 9.17) is 0 Å². The summed E-state index contributed by atoms with van der Waals surface area (Å²) in [4.78, 5) is 0. The molecule has 5 N–H and O–H groups in total. The molecule has 4 saturated carbocycles. The third-order valence-corrected chi connectivity index (χ3v) is 8.75. The van der Waals surface area contributed by atoms with Crippen LogP contribution in [0.4, 0.5) is 0 Å². The number of hydrogen-bond acceptors (Lipinski definition) is 5. The Labute approximate surface area is 149 Å². The van der Waals surface area contributed by atoms with E-state index in [9.17, 15) is 25.5 Å². The first kappa shape index (κ1) is 17.9. The quantitative estimate of drug-likeness (QED) is 0.418. The summed E-state index contributed by atoms with van der Waals surface area (Å²) in [5.74, 6) is -0.649. The van der Waals surface area contributed by atoms with Crippen LogP contribution in [0.3, 0.4) is 0 Å². The Hall–Kier alpha value is -0.460. The Morgan fingerprint density at radius 2 is 1.60 bits per heavy atom. The summed E-state index contributed by atoms with van der Waals surface area (Å²) in [6, 6.07) is 0. The van der Waals surface area contributed by atoms with Crippen molar-refractivity contribution in [1.82, 2.24) is 0 Å². The second-order valence-electron chi connectivity index (χ2n) is 10.1. The molecule has 0 radical (unpaired) electrons. The maximum Gasteiger partial charge on any atom is 0.105 e. The predicted molar refractivity (Wildman–Crippen MR) is 92.5 cm³/mol. The molecule has 142 valence electrons. The molecule has 1 unspecified atom stereocenters. The lowest BCUT2D eigenvalue weighted by atomic mass is 9.61. The number of aliphatic hydroxyl groups is 5.